The van der Waals surface area contributed by atoms with E-state index in [9.17, 15) is 9.18 Å². The Morgan fingerprint density at radius 3 is 2.88 bits per heavy atom. The number of carbonyl (C=O) groups excluding carboxylic acids is 1. The molecule has 0 fully saturated rings. The van der Waals surface area contributed by atoms with Crippen LogP contribution in [-0.4, -0.2) is 22.4 Å². The standard InChI is InChI=1S/C11H9FINO3/c1-16-10-8(12)3-2-7-4-5-14(9(7)10)11(15)17-6-13/h2-5H,6H2,1H3. The van der Waals surface area contributed by atoms with E-state index < -0.39 is 11.9 Å². The summed E-state index contributed by atoms with van der Waals surface area (Å²) in [5.41, 5.74) is 0.377. The maximum atomic E-state index is 13.5. The van der Waals surface area contributed by atoms with Gasteiger partial charge in [-0.2, -0.15) is 0 Å². The molecule has 0 saturated carbocycles. The topological polar surface area (TPSA) is 40.5 Å². The first-order chi connectivity index (χ1) is 8.19. The molecule has 0 spiro atoms. The van der Waals surface area contributed by atoms with Gasteiger partial charge < -0.3 is 9.47 Å². The highest BCUT2D eigenvalue weighted by atomic mass is 127. The van der Waals surface area contributed by atoms with Crippen LogP contribution in [0.2, 0.25) is 0 Å². The monoisotopic (exact) mass is 349 g/mol. The Morgan fingerprint density at radius 2 is 2.24 bits per heavy atom. The second kappa shape index (κ2) is 4.91. The molecule has 0 unspecified atom stereocenters. The number of aromatic nitrogens is 1. The van der Waals surface area contributed by atoms with Crippen molar-refractivity contribution in [1.29, 1.82) is 0 Å². The van der Waals surface area contributed by atoms with E-state index in [0.29, 0.717) is 10.9 Å². The number of carbonyl (C=O) groups is 1. The zero-order valence-electron chi connectivity index (χ0n) is 8.94. The zero-order chi connectivity index (χ0) is 12.4. The molecule has 2 rings (SSSR count). The summed E-state index contributed by atoms with van der Waals surface area (Å²) in [6.07, 6.45) is 0.972. The van der Waals surface area contributed by atoms with Crippen molar-refractivity contribution < 1.29 is 18.7 Å². The Labute approximate surface area is 110 Å². The van der Waals surface area contributed by atoms with E-state index in [2.05, 4.69) is 0 Å². The van der Waals surface area contributed by atoms with E-state index in [1.54, 1.807) is 12.1 Å². The average Bonchev–Trinajstić information content (AvgIpc) is 2.73. The summed E-state index contributed by atoms with van der Waals surface area (Å²) in [7, 11) is 1.36. The van der Waals surface area contributed by atoms with E-state index in [4.69, 9.17) is 9.47 Å². The van der Waals surface area contributed by atoms with E-state index in [1.807, 2.05) is 22.6 Å². The molecule has 1 aromatic carbocycles. The van der Waals surface area contributed by atoms with Gasteiger partial charge in [0.1, 0.15) is 10.1 Å². The first-order valence-electron chi connectivity index (χ1n) is 4.75. The third-order valence-corrected chi connectivity index (χ3v) is 2.65. The van der Waals surface area contributed by atoms with Crippen molar-refractivity contribution in [1.82, 2.24) is 4.57 Å². The fraction of sp³-hybridized carbons (Fsp3) is 0.182. The minimum atomic E-state index is -0.557. The molecule has 0 saturated heterocycles. The highest BCUT2D eigenvalue weighted by molar-refractivity contribution is 14.1. The van der Waals surface area contributed by atoms with Gasteiger partial charge in [0, 0.05) is 11.6 Å². The molecule has 0 N–H and O–H groups in total. The SMILES string of the molecule is COc1c(F)ccc2ccn(C(=O)OCI)c12. The van der Waals surface area contributed by atoms with Crippen LogP contribution in [0.5, 0.6) is 5.75 Å². The number of benzene rings is 1. The van der Waals surface area contributed by atoms with Gasteiger partial charge in [-0.1, -0.05) is 0 Å². The fourth-order valence-electron chi connectivity index (χ4n) is 1.64. The lowest BCUT2D eigenvalue weighted by molar-refractivity contribution is 0.171. The second-order valence-corrected chi connectivity index (χ2v) is 3.85. The first kappa shape index (κ1) is 12.2. The smallest absolute Gasteiger partial charge is 0.419 e. The number of halogens is 2. The molecular formula is C11H9FINO3. The van der Waals surface area contributed by atoms with Crippen LogP contribution in [0.4, 0.5) is 9.18 Å². The van der Waals surface area contributed by atoms with Crippen molar-refractivity contribution in [2.24, 2.45) is 0 Å². The van der Waals surface area contributed by atoms with Crippen LogP contribution >= 0.6 is 22.6 Å². The summed E-state index contributed by atoms with van der Waals surface area (Å²) in [6, 6.07) is 4.59. The molecule has 0 aliphatic rings. The van der Waals surface area contributed by atoms with Gasteiger partial charge in [-0.05, 0) is 40.8 Å². The Morgan fingerprint density at radius 1 is 1.47 bits per heavy atom. The van der Waals surface area contributed by atoms with Gasteiger partial charge in [-0.25, -0.2) is 13.8 Å². The molecule has 0 radical (unpaired) electrons. The van der Waals surface area contributed by atoms with Crippen molar-refractivity contribution in [2.45, 2.75) is 0 Å². The van der Waals surface area contributed by atoms with Crippen molar-refractivity contribution in [3.8, 4) is 5.75 Å². The number of methoxy groups -OCH3 is 1. The van der Waals surface area contributed by atoms with E-state index in [1.165, 1.54) is 23.9 Å². The second-order valence-electron chi connectivity index (χ2n) is 3.22. The summed E-state index contributed by atoms with van der Waals surface area (Å²) in [5.74, 6) is -0.472. The molecule has 1 aromatic heterocycles. The maximum absolute atomic E-state index is 13.5. The summed E-state index contributed by atoms with van der Waals surface area (Å²) >= 11 is 1.91. The molecule has 17 heavy (non-hydrogen) atoms. The van der Waals surface area contributed by atoms with Crippen molar-refractivity contribution >= 4 is 39.6 Å². The first-order valence-corrected chi connectivity index (χ1v) is 6.28. The highest BCUT2D eigenvalue weighted by Gasteiger charge is 2.16. The van der Waals surface area contributed by atoms with Gasteiger partial charge in [-0.3, -0.25) is 0 Å². The summed E-state index contributed by atoms with van der Waals surface area (Å²) in [5, 5.41) is 0.716. The van der Waals surface area contributed by atoms with E-state index >= 15 is 0 Å². The molecular weight excluding hydrogens is 340 g/mol. The Kier molecular flexibility index (Phi) is 3.51. The molecule has 0 bridgehead atoms. The van der Waals surface area contributed by atoms with Gasteiger partial charge in [0.2, 0.25) is 0 Å². The normalized spacial score (nSPS) is 10.5. The van der Waals surface area contributed by atoms with E-state index in [0.717, 1.165) is 0 Å². The molecule has 1 heterocycles. The number of fused-ring (bicyclic) bond motifs is 1. The van der Waals surface area contributed by atoms with Crippen LogP contribution in [0.25, 0.3) is 10.9 Å². The summed E-state index contributed by atoms with van der Waals surface area (Å²) in [4.78, 5) is 11.7. The lowest BCUT2D eigenvalue weighted by atomic mass is 10.2. The minimum absolute atomic E-state index is 0.0397. The van der Waals surface area contributed by atoms with E-state index in [-0.39, 0.29) is 10.4 Å². The number of hydrogen-bond donors (Lipinski definition) is 0. The van der Waals surface area contributed by atoms with Crippen LogP contribution < -0.4 is 4.74 Å². The van der Waals surface area contributed by atoms with Crippen LogP contribution in [0.3, 0.4) is 0 Å². The van der Waals surface area contributed by atoms with Gasteiger partial charge in [0.25, 0.3) is 0 Å². The molecule has 0 aliphatic heterocycles. The average molecular weight is 349 g/mol. The van der Waals surface area contributed by atoms with Gasteiger partial charge in [0.15, 0.2) is 11.6 Å². The number of nitrogens with zero attached hydrogens (tertiary/aromatic N) is 1. The predicted molar refractivity (Wildman–Crippen MR) is 69.2 cm³/mol. The zero-order valence-corrected chi connectivity index (χ0v) is 11.1. The Hall–Kier alpha value is -1.31. The third-order valence-electron chi connectivity index (χ3n) is 2.34. The van der Waals surface area contributed by atoms with Crippen LogP contribution in [0.15, 0.2) is 24.4 Å². The van der Waals surface area contributed by atoms with Crippen LogP contribution in [0.1, 0.15) is 0 Å². The van der Waals surface area contributed by atoms with Gasteiger partial charge in [0.05, 0.1) is 7.11 Å². The third kappa shape index (κ3) is 2.08. The summed E-state index contributed by atoms with van der Waals surface area (Å²) < 4.78 is 24.8. The molecule has 6 heteroatoms. The number of alkyl halides is 1. The lowest BCUT2D eigenvalue weighted by Crippen LogP contribution is -2.12. The number of ether oxygens (including phenoxy) is 2. The molecule has 4 nitrogen and oxygen atoms in total. The van der Waals surface area contributed by atoms with Crippen molar-refractivity contribution in [3.63, 3.8) is 0 Å². The molecule has 0 atom stereocenters. The molecule has 0 amide bonds. The quantitative estimate of drug-likeness (QED) is 0.618. The molecule has 2 aromatic rings. The highest BCUT2D eigenvalue weighted by Crippen LogP contribution is 2.29. The number of rotatable bonds is 2. The fourth-order valence-corrected chi connectivity index (χ4v) is 1.90. The van der Waals surface area contributed by atoms with Crippen LogP contribution in [-0.2, 0) is 4.74 Å². The summed E-state index contributed by atoms with van der Waals surface area (Å²) in [6.45, 7) is 0. The minimum Gasteiger partial charge on any atom is -0.492 e. The van der Waals surface area contributed by atoms with Gasteiger partial charge >= 0.3 is 6.09 Å². The Bertz CT molecular complexity index is 567. The predicted octanol–water partition coefficient (Wildman–Crippen LogP) is 3.17. The van der Waals surface area contributed by atoms with Crippen molar-refractivity contribution in [2.75, 3.05) is 11.7 Å². The maximum Gasteiger partial charge on any atom is 0.419 e. The molecule has 90 valence electrons. The largest absolute Gasteiger partial charge is 0.492 e. The van der Waals surface area contributed by atoms with Gasteiger partial charge in [-0.15, -0.1) is 0 Å². The number of hydrogen-bond acceptors (Lipinski definition) is 3. The lowest BCUT2D eigenvalue weighted by Gasteiger charge is -2.08. The van der Waals surface area contributed by atoms with Crippen LogP contribution in [0, 0.1) is 5.82 Å². The Balaban J connectivity index is 2.65. The van der Waals surface area contributed by atoms with Crippen molar-refractivity contribution in [3.05, 3.63) is 30.2 Å². The molecule has 0 aliphatic carbocycles.